The standard InChI is InChI=1S/C19H15FO2S/c1-12-11-16(13-7-9-14(23-2)10-8-13)18(19(21)22-12)15-5-3-4-6-17(15)20/h3-11H,1-2H3. The quantitative estimate of drug-likeness (QED) is 0.624. The van der Waals surface area contributed by atoms with Crippen LogP contribution < -0.4 is 5.63 Å². The second kappa shape index (κ2) is 6.42. The van der Waals surface area contributed by atoms with Crippen molar-refractivity contribution in [2.45, 2.75) is 11.8 Å². The topological polar surface area (TPSA) is 30.2 Å². The number of thioether (sulfide) groups is 1. The first kappa shape index (κ1) is 15.6. The second-order valence-electron chi connectivity index (χ2n) is 5.14. The maximum atomic E-state index is 14.2. The summed E-state index contributed by atoms with van der Waals surface area (Å²) in [5.41, 5.74) is 1.52. The Morgan fingerprint density at radius 2 is 1.70 bits per heavy atom. The summed E-state index contributed by atoms with van der Waals surface area (Å²) in [5, 5.41) is 0. The van der Waals surface area contributed by atoms with Gasteiger partial charge < -0.3 is 4.42 Å². The minimum Gasteiger partial charge on any atom is -0.428 e. The SMILES string of the molecule is CSc1ccc(-c2cc(C)oc(=O)c2-c2ccccc2F)cc1. The Balaban J connectivity index is 2.27. The van der Waals surface area contributed by atoms with E-state index in [-0.39, 0.29) is 11.1 Å². The third kappa shape index (κ3) is 3.08. The molecule has 3 rings (SSSR count). The monoisotopic (exact) mass is 326 g/mol. The zero-order valence-electron chi connectivity index (χ0n) is 12.8. The average Bonchev–Trinajstić information content (AvgIpc) is 2.55. The first-order chi connectivity index (χ1) is 11.1. The molecule has 0 bridgehead atoms. The largest absolute Gasteiger partial charge is 0.428 e. The summed E-state index contributed by atoms with van der Waals surface area (Å²) < 4.78 is 19.4. The van der Waals surface area contributed by atoms with Crippen molar-refractivity contribution in [2.24, 2.45) is 0 Å². The fraction of sp³-hybridized carbons (Fsp3) is 0.105. The molecule has 0 saturated carbocycles. The van der Waals surface area contributed by atoms with E-state index in [9.17, 15) is 9.18 Å². The lowest BCUT2D eigenvalue weighted by molar-refractivity contribution is 0.482. The van der Waals surface area contributed by atoms with Crippen molar-refractivity contribution < 1.29 is 8.81 Å². The highest BCUT2D eigenvalue weighted by atomic mass is 32.2. The molecule has 0 spiro atoms. The highest BCUT2D eigenvalue weighted by molar-refractivity contribution is 7.98. The van der Waals surface area contributed by atoms with Crippen LogP contribution in [0.15, 0.2) is 68.7 Å². The Morgan fingerprint density at radius 3 is 2.35 bits per heavy atom. The number of hydrogen-bond acceptors (Lipinski definition) is 3. The summed E-state index contributed by atoms with van der Waals surface area (Å²) in [6.45, 7) is 1.71. The van der Waals surface area contributed by atoms with E-state index in [1.54, 1.807) is 43.0 Å². The van der Waals surface area contributed by atoms with Crippen molar-refractivity contribution in [3.63, 3.8) is 0 Å². The van der Waals surface area contributed by atoms with Crippen molar-refractivity contribution >= 4 is 11.8 Å². The van der Waals surface area contributed by atoms with Gasteiger partial charge in [-0.3, -0.25) is 0 Å². The predicted octanol–water partition coefficient (Wildman–Crippen LogP) is 5.14. The molecule has 0 aliphatic heterocycles. The smallest absolute Gasteiger partial charge is 0.344 e. The zero-order chi connectivity index (χ0) is 16.4. The normalized spacial score (nSPS) is 10.7. The minimum absolute atomic E-state index is 0.255. The molecule has 116 valence electrons. The fourth-order valence-corrected chi connectivity index (χ4v) is 2.94. The van der Waals surface area contributed by atoms with Gasteiger partial charge in [0.1, 0.15) is 11.6 Å². The molecule has 0 N–H and O–H groups in total. The van der Waals surface area contributed by atoms with E-state index in [2.05, 4.69) is 0 Å². The molecule has 2 aromatic carbocycles. The Hall–Kier alpha value is -2.33. The van der Waals surface area contributed by atoms with Crippen molar-refractivity contribution in [2.75, 3.05) is 6.26 Å². The maximum Gasteiger partial charge on any atom is 0.344 e. The number of halogens is 1. The molecule has 1 aromatic heterocycles. The summed E-state index contributed by atoms with van der Waals surface area (Å²) in [6, 6.07) is 15.8. The summed E-state index contributed by atoms with van der Waals surface area (Å²) in [6.07, 6.45) is 2.00. The van der Waals surface area contributed by atoms with Crippen molar-refractivity contribution in [1.29, 1.82) is 0 Å². The van der Waals surface area contributed by atoms with Gasteiger partial charge in [0.05, 0.1) is 5.56 Å². The molecule has 0 atom stereocenters. The highest BCUT2D eigenvalue weighted by Crippen LogP contribution is 2.32. The summed E-state index contributed by atoms with van der Waals surface area (Å²) in [4.78, 5) is 13.5. The lowest BCUT2D eigenvalue weighted by atomic mass is 9.96. The van der Waals surface area contributed by atoms with Crippen LogP contribution in [-0.2, 0) is 0 Å². The zero-order valence-corrected chi connectivity index (χ0v) is 13.6. The lowest BCUT2D eigenvalue weighted by Crippen LogP contribution is -2.07. The van der Waals surface area contributed by atoms with Crippen LogP contribution in [0.1, 0.15) is 5.76 Å². The molecular formula is C19H15FO2S. The Labute approximate surface area is 138 Å². The molecule has 0 aliphatic rings. The first-order valence-corrected chi connectivity index (χ1v) is 8.36. The van der Waals surface area contributed by atoms with Gasteiger partial charge in [-0.2, -0.15) is 0 Å². The van der Waals surface area contributed by atoms with Crippen LogP contribution in [-0.4, -0.2) is 6.26 Å². The average molecular weight is 326 g/mol. The molecule has 2 nitrogen and oxygen atoms in total. The van der Waals surface area contributed by atoms with Gasteiger partial charge in [0, 0.05) is 16.0 Å². The molecule has 0 unspecified atom stereocenters. The van der Waals surface area contributed by atoms with E-state index in [0.717, 1.165) is 10.5 Å². The molecule has 23 heavy (non-hydrogen) atoms. The lowest BCUT2D eigenvalue weighted by Gasteiger charge is -2.11. The molecule has 0 saturated heterocycles. The summed E-state index contributed by atoms with van der Waals surface area (Å²) in [7, 11) is 0. The van der Waals surface area contributed by atoms with E-state index in [0.29, 0.717) is 11.3 Å². The Bertz CT molecular complexity index is 898. The number of benzene rings is 2. The Morgan fingerprint density at radius 1 is 1.00 bits per heavy atom. The molecule has 1 heterocycles. The molecule has 4 heteroatoms. The van der Waals surface area contributed by atoms with Gasteiger partial charge in [-0.25, -0.2) is 9.18 Å². The van der Waals surface area contributed by atoms with Crippen molar-refractivity contribution in [1.82, 2.24) is 0 Å². The first-order valence-electron chi connectivity index (χ1n) is 7.14. The predicted molar refractivity (Wildman–Crippen MR) is 92.3 cm³/mol. The van der Waals surface area contributed by atoms with Gasteiger partial charge in [-0.1, -0.05) is 30.3 Å². The van der Waals surface area contributed by atoms with Crippen molar-refractivity contribution in [3.8, 4) is 22.3 Å². The van der Waals surface area contributed by atoms with Gasteiger partial charge in [0.25, 0.3) is 0 Å². The van der Waals surface area contributed by atoms with Crippen molar-refractivity contribution in [3.05, 3.63) is 76.6 Å². The molecule has 0 aliphatic carbocycles. The summed E-state index contributed by atoms with van der Waals surface area (Å²) in [5.74, 6) is 0.0599. The highest BCUT2D eigenvalue weighted by Gasteiger charge is 2.17. The van der Waals surface area contributed by atoms with Gasteiger partial charge in [0.15, 0.2) is 0 Å². The van der Waals surface area contributed by atoms with Crippen LogP contribution >= 0.6 is 11.8 Å². The van der Waals surface area contributed by atoms with Crippen LogP contribution in [0.3, 0.4) is 0 Å². The number of aryl methyl sites for hydroxylation is 1. The van der Waals surface area contributed by atoms with E-state index in [4.69, 9.17) is 4.42 Å². The van der Waals surface area contributed by atoms with Crippen LogP contribution in [0.5, 0.6) is 0 Å². The molecule has 3 aromatic rings. The maximum absolute atomic E-state index is 14.2. The van der Waals surface area contributed by atoms with Crippen LogP contribution in [0.2, 0.25) is 0 Å². The van der Waals surface area contributed by atoms with Crippen LogP contribution in [0, 0.1) is 12.7 Å². The number of hydrogen-bond donors (Lipinski definition) is 0. The van der Waals surface area contributed by atoms with E-state index >= 15 is 0 Å². The van der Waals surface area contributed by atoms with Crippen LogP contribution in [0.4, 0.5) is 4.39 Å². The molecule has 0 amide bonds. The third-order valence-corrected chi connectivity index (χ3v) is 4.36. The van der Waals surface area contributed by atoms with Gasteiger partial charge in [-0.05, 0) is 43.0 Å². The van der Waals surface area contributed by atoms with Gasteiger partial charge in [0.2, 0.25) is 0 Å². The minimum atomic E-state index is -0.529. The fourth-order valence-electron chi connectivity index (χ4n) is 2.53. The molecule has 0 radical (unpaired) electrons. The second-order valence-corrected chi connectivity index (χ2v) is 6.02. The van der Waals surface area contributed by atoms with E-state index in [1.807, 2.05) is 30.5 Å². The van der Waals surface area contributed by atoms with Gasteiger partial charge in [-0.15, -0.1) is 11.8 Å². The molecule has 0 fully saturated rings. The Kier molecular flexibility index (Phi) is 4.35. The van der Waals surface area contributed by atoms with Crippen LogP contribution in [0.25, 0.3) is 22.3 Å². The summed E-state index contributed by atoms with van der Waals surface area (Å²) >= 11 is 1.64. The van der Waals surface area contributed by atoms with Gasteiger partial charge >= 0.3 is 5.63 Å². The number of rotatable bonds is 3. The third-order valence-electron chi connectivity index (χ3n) is 3.62. The van der Waals surface area contributed by atoms with E-state index < -0.39 is 11.4 Å². The molecular weight excluding hydrogens is 311 g/mol. The van der Waals surface area contributed by atoms with E-state index in [1.165, 1.54) is 6.07 Å².